The summed E-state index contributed by atoms with van der Waals surface area (Å²) in [6, 6.07) is 10.3. The van der Waals surface area contributed by atoms with Gasteiger partial charge < -0.3 is 20.1 Å². The van der Waals surface area contributed by atoms with Gasteiger partial charge in [0.2, 0.25) is 0 Å². The summed E-state index contributed by atoms with van der Waals surface area (Å²) >= 11 is 1.60. The fourth-order valence-corrected chi connectivity index (χ4v) is 4.95. The van der Waals surface area contributed by atoms with Crippen molar-refractivity contribution in [3.63, 3.8) is 0 Å². The number of benzene rings is 1. The van der Waals surface area contributed by atoms with Crippen LogP contribution >= 0.6 is 11.3 Å². The standard InChI is InChI=1S/C25H33N5O2S/c1-17-16-33-25(27-17)22-13-23(30(3)19-9-5-4-6-10-19)29-24(28-22)18-8-7-11-21(12-18)32-15-20(31)14-26-2/h7-8,11-13,16,19-20,26,31H,4-6,9-10,14-15H2,1-3H3. The van der Waals surface area contributed by atoms with Crippen LogP contribution in [0.3, 0.4) is 0 Å². The van der Waals surface area contributed by atoms with Crippen molar-refractivity contribution in [1.82, 2.24) is 20.3 Å². The third-order valence-corrected chi connectivity index (χ3v) is 6.99. The summed E-state index contributed by atoms with van der Waals surface area (Å²) in [5, 5.41) is 15.9. The highest BCUT2D eigenvalue weighted by molar-refractivity contribution is 7.13. The van der Waals surface area contributed by atoms with Gasteiger partial charge in [-0.1, -0.05) is 31.4 Å². The van der Waals surface area contributed by atoms with E-state index in [0.29, 0.717) is 24.2 Å². The second-order valence-corrected chi connectivity index (χ2v) is 9.54. The fourth-order valence-electron chi connectivity index (χ4n) is 4.19. The topological polar surface area (TPSA) is 83.4 Å². The lowest BCUT2D eigenvalue weighted by atomic mass is 9.94. The molecule has 0 aliphatic heterocycles. The number of aromatic nitrogens is 3. The van der Waals surface area contributed by atoms with Crippen LogP contribution in [0.1, 0.15) is 37.8 Å². The molecule has 2 aromatic heterocycles. The largest absolute Gasteiger partial charge is 0.491 e. The summed E-state index contributed by atoms with van der Waals surface area (Å²) in [5.74, 6) is 2.26. The van der Waals surface area contributed by atoms with E-state index in [1.54, 1.807) is 18.4 Å². The first-order chi connectivity index (χ1) is 16.0. The van der Waals surface area contributed by atoms with E-state index in [0.717, 1.165) is 27.8 Å². The molecule has 33 heavy (non-hydrogen) atoms. The van der Waals surface area contributed by atoms with Crippen molar-refractivity contribution in [1.29, 1.82) is 0 Å². The van der Waals surface area contributed by atoms with Crippen molar-refractivity contribution in [3.05, 3.63) is 41.4 Å². The number of nitrogens with one attached hydrogen (secondary N) is 1. The second kappa shape index (κ2) is 11.0. The molecule has 1 aliphatic carbocycles. The molecule has 0 radical (unpaired) electrons. The van der Waals surface area contributed by atoms with Gasteiger partial charge in [0.25, 0.3) is 0 Å². The van der Waals surface area contributed by atoms with Crippen molar-refractivity contribution < 1.29 is 9.84 Å². The summed E-state index contributed by atoms with van der Waals surface area (Å²) in [5.41, 5.74) is 2.71. The minimum atomic E-state index is -0.567. The van der Waals surface area contributed by atoms with Crippen molar-refractivity contribution in [2.24, 2.45) is 0 Å². The molecule has 4 rings (SSSR count). The zero-order valence-electron chi connectivity index (χ0n) is 19.6. The van der Waals surface area contributed by atoms with E-state index in [-0.39, 0.29) is 6.61 Å². The monoisotopic (exact) mass is 467 g/mol. The minimum Gasteiger partial charge on any atom is -0.491 e. The van der Waals surface area contributed by atoms with Gasteiger partial charge in [0, 0.05) is 42.3 Å². The summed E-state index contributed by atoms with van der Waals surface area (Å²) in [4.78, 5) is 16.8. The number of aliphatic hydroxyl groups excluding tert-OH is 1. The Morgan fingerprint density at radius 3 is 2.73 bits per heavy atom. The average Bonchev–Trinajstić information content (AvgIpc) is 3.29. The SMILES string of the molecule is CNCC(O)COc1cccc(-c2nc(-c3nc(C)cs3)cc(N(C)C3CCCCC3)n2)c1. The number of rotatable bonds is 9. The van der Waals surface area contributed by atoms with Gasteiger partial charge in [-0.25, -0.2) is 15.0 Å². The van der Waals surface area contributed by atoms with Crippen LogP contribution in [0.2, 0.25) is 0 Å². The first-order valence-electron chi connectivity index (χ1n) is 11.6. The molecule has 1 unspecified atom stereocenters. The molecule has 1 aliphatic rings. The van der Waals surface area contributed by atoms with Crippen LogP contribution in [0, 0.1) is 6.92 Å². The third-order valence-electron chi connectivity index (χ3n) is 6.01. The number of ether oxygens (including phenoxy) is 1. The molecule has 1 saturated carbocycles. The predicted molar refractivity (Wildman–Crippen MR) is 134 cm³/mol. The summed E-state index contributed by atoms with van der Waals surface area (Å²) in [7, 11) is 3.95. The maximum absolute atomic E-state index is 9.96. The minimum absolute atomic E-state index is 0.221. The van der Waals surface area contributed by atoms with Crippen molar-refractivity contribution in [3.8, 4) is 27.8 Å². The Balaban J connectivity index is 1.66. The molecule has 8 heteroatoms. The summed E-state index contributed by atoms with van der Waals surface area (Å²) in [6.07, 6.45) is 5.68. The third kappa shape index (κ3) is 6.07. The summed E-state index contributed by atoms with van der Waals surface area (Å²) < 4.78 is 5.81. The van der Waals surface area contributed by atoms with Crippen LogP contribution in [0.25, 0.3) is 22.1 Å². The van der Waals surface area contributed by atoms with Gasteiger partial charge in [-0.3, -0.25) is 0 Å². The Kier molecular flexibility index (Phi) is 7.90. The molecule has 1 atom stereocenters. The smallest absolute Gasteiger partial charge is 0.162 e. The van der Waals surface area contributed by atoms with E-state index >= 15 is 0 Å². The van der Waals surface area contributed by atoms with Crippen LogP contribution in [-0.2, 0) is 0 Å². The average molecular weight is 468 g/mol. The van der Waals surface area contributed by atoms with Crippen LogP contribution in [-0.4, -0.2) is 59.5 Å². The molecule has 7 nitrogen and oxygen atoms in total. The molecule has 1 fully saturated rings. The lowest BCUT2D eigenvalue weighted by molar-refractivity contribution is 0.108. The van der Waals surface area contributed by atoms with Crippen molar-refractivity contribution in [2.45, 2.75) is 51.2 Å². The fraction of sp³-hybridized carbons (Fsp3) is 0.480. The number of thiazole rings is 1. The molecule has 1 aromatic carbocycles. The van der Waals surface area contributed by atoms with E-state index in [2.05, 4.69) is 28.3 Å². The van der Waals surface area contributed by atoms with Crippen LogP contribution in [0.15, 0.2) is 35.7 Å². The van der Waals surface area contributed by atoms with Crippen LogP contribution < -0.4 is 15.0 Å². The molecule has 2 heterocycles. The van der Waals surface area contributed by atoms with Crippen molar-refractivity contribution >= 4 is 17.2 Å². The van der Waals surface area contributed by atoms with E-state index in [1.807, 2.05) is 36.6 Å². The predicted octanol–water partition coefficient (Wildman–Crippen LogP) is 4.30. The second-order valence-electron chi connectivity index (χ2n) is 8.68. The number of nitrogens with zero attached hydrogens (tertiary/aromatic N) is 4. The number of aryl methyl sites for hydroxylation is 1. The highest BCUT2D eigenvalue weighted by atomic mass is 32.1. The first-order valence-corrected chi connectivity index (χ1v) is 12.5. The first kappa shape index (κ1) is 23.6. The molecular formula is C25H33N5O2S. The number of aliphatic hydroxyl groups is 1. The molecule has 176 valence electrons. The molecule has 0 spiro atoms. The van der Waals surface area contributed by atoms with Gasteiger partial charge in [-0.05, 0) is 38.9 Å². The molecule has 0 saturated heterocycles. The van der Waals surface area contributed by atoms with Crippen LogP contribution in [0.5, 0.6) is 5.75 Å². The van der Waals surface area contributed by atoms with Gasteiger partial charge in [-0.15, -0.1) is 11.3 Å². The lowest BCUT2D eigenvalue weighted by Gasteiger charge is -2.32. The zero-order chi connectivity index (χ0) is 23.2. The Hall–Kier alpha value is -2.55. The number of hydrogen-bond acceptors (Lipinski definition) is 8. The molecule has 0 bridgehead atoms. The highest BCUT2D eigenvalue weighted by Gasteiger charge is 2.21. The maximum Gasteiger partial charge on any atom is 0.162 e. The normalized spacial score (nSPS) is 15.4. The number of hydrogen-bond donors (Lipinski definition) is 2. The van der Waals surface area contributed by atoms with Gasteiger partial charge in [0.1, 0.15) is 35.0 Å². The molecule has 2 N–H and O–H groups in total. The highest BCUT2D eigenvalue weighted by Crippen LogP contribution is 2.31. The Morgan fingerprint density at radius 1 is 1.18 bits per heavy atom. The van der Waals surface area contributed by atoms with E-state index < -0.39 is 6.10 Å². The maximum atomic E-state index is 9.96. The number of likely N-dealkylation sites (N-methyl/N-ethyl adjacent to an activating group) is 1. The molecule has 3 aromatic rings. The van der Waals surface area contributed by atoms with E-state index in [1.165, 1.54) is 32.1 Å². The van der Waals surface area contributed by atoms with Gasteiger partial charge in [-0.2, -0.15) is 0 Å². The number of anilines is 1. The molecule has 0 amide bonds. The Labute approximate surface area is 199 Å². The lowest BCUT2D eigenvalue weighted by Crippen LogP contribution is -2.34. The van der Waals surface area contributed by atoms with E-state index in [4.69, 9.17) is 14.7 Å². The van der Waals surface area contributed by atoms with Gasteiger partial charge in [0.15, 0.2) is 5.82 Å². The van der Waals surface area contributed by atoms with Crippen molar-refractivity contribution in [2.75, 3.05) is 32.1 Å². The molecular weight excluding hydrogens is 434 g/mol. The van der Waals surface area contributed by atoms with Gasteiger partial charge in [0.05, 0.1) is 0 Å². The van der Waals surface area contributed by atoms with E-state index in [9.17, 15) is 5.11 Å². The Morgan fingerprint density at radius 2 is 2.00 bits per heavy atom. The van der Waals surface area contributed by atoms with Crippen LogP contribution in [0.4, 0.5) is 5.82 Å². The Bertz CT molecular complexity index is 1050. The quantitative estimate of drug-likeness (QED) is 0.485. The van der Waals surface area contributed by atoms with Gasteiger partial charge >= 0.3 is 0 Å². The zero-order valence-corrected chi connectivity index (χ0v) is 20.4. The summed E-state index contributed by atoms with van der Waals surface area (Å²) in [6.45, 7) is 2.70.